The van der Waals surface area contributed by atoms with Crippen LogP contribution in [-0.4, -0.2) is 53.2 Å². The molecule has 0 fully saturated rings. The van der Waals surface area contributed by atoms with Crippen molar-refractivity contribution in [3.63, 3.8) is 0 Å². The number of aryl methyl sites for hydroxylation is 1. The van der Waals surface area contributed by atoms with Crippen molar-refractivity contribution in [2.24, 2.45) is 0 Å². The molecule has 0 bridgehead atoms. The van der Waals surface area contributed by atoms with E-state index in [9.17, 15) is 13.2 Å². The molecule has 3 rings (SSSR count). The molecule has 0 aliphatic carbocycles. The van der Waals surface area contributed by atoms with E-state index in [1.165, 1.54) is 38.0 Å². The Balaban J connectivity index is 1.75. The highest BCUT2D eigenvalue weighted by atomic mass is 32.2. The Hall–Kier alpha value is -2.95. The molecule has 0 radical (unpaired) electrons. The SMILES string of the molecule is C=CCn1c(SCC(=O)Nc2cc(S(=O)(=O)N(C)C)ccc2C)nnc1-c1ccccc1. The summed E-state index contributed by atoms with van der Waals surface area (Å²) in [6.45, 7) is 6.11. The fraction of sp³-hybridized carbons (Fsp3) is 0.227. The summed E-state index contributed by atoms with van der Waals surface area (Å²) in [5.74, 6) is 0.520. The molecule has 1 amide bonds. The third-order valence-electron chi connectivity index (χ3n) is 4.65. The normalized spacial score (nSPS) is 11.5. The van der Waals surface area contributed by atoms with Crippen LogP contribution in [0.2, 0.25) is 0 Å². The maximum Gasteiger partial charge on any atom is 0.242 e. The number of benzene rings is 2. The van der Waals surface area contributed by atoms with Crippen LogP contribution < -0.4 is 5.32 Å². The second kappa shape index (κ2) is 10.1. The van der Waals surface area contributed by atoms with Gasteiger partial charge in [0.1, 0.15) is 0 Å². The lowest BCUT2D eigenvalue weighted by molar-refractivity contribution is -0.113. The largest absolute Gasteiger partial charge is 0.325 e. The lowest BCUT2D eigenvalue weighted by Gasteiger charge is -2.14. The lowest BCUT2D eigenvalue weighted by Crippen LogP contribution is -2.22. The summed E-state index contributed by atoms with van der Waals surface area (Å²) in [5.41, 5.74) is 2.14. The third kappa shape index (κ3) is 5.26. The number of sulfonamides is 1. The van der Waals surface area contributed by atoms with E-state index in [2.05, 4.69) is 22.1 Å². The zero-order chi connectivity index (χ0) is 23.3. The highest BCUT2D eigenvalue weighted by Gasteiger charge is 2.19. The smallest absolute Gasteiger partial charge is 0.242 e. The van der Waals surface area contributed by atoms with Gasteiger partial charge in [-0.25, -0.2) is 12.7 Å². The van der Waals surface area contributed by atoms with Gasteiger partial charge < -0.3 is 5.32 Å². The number of allylic oxidation sites excluding steroid dienone is 1. The monoisotopic (exact) mass is 471 g/mol. The number of thioether (sulfide) groups is 1. The van der Waals surface area contributed by atoms with E-state index < -0.39 is 10.0 Å². The van der Waals surface area contributed by atoms with Gasteiger partial charge in [-0.15, -0.1) is 16.8 Å². The van der Waals surface area contributed by atoms with Crippen molar-refractivity contribution in [3.05, 3.63) is 66.7 Å². The fourth-order valence-electron chi connectivity index (χ4n) is 2.91. The predicted molar refractivity (Wildman–Crippen MR) is 127 cm³/mol. The first-order valence-corrected chi connectivity index (χ1v) is 12.2. The topological polar surface area (TPSA) is 97.2 Å². The van der Waals surface area contributed by atoms with Crippen molar-refractivity contribution >= 4 is 33.4 Å². The van der Waals surface area contributed by atoms with Gasteiger partial charge >= 0.3 is 0 Å². The van der Waals surface area contributed by atoms with Crippen LogP contribution in [0, 0.1) is 6.92 Å². The van der Waals surface area contributed by atoms with Crippen molar-refractivity contribution < 1.29 is 13.2 Å². The van der Waals surface area contributed by atoms with Gasteiger partial charge in [-0.05, 0) is 24.6 Å². The molecule has 1 N–H and O–H groups in total. The Morgan fingerprint density at radius 3 is 2.56 bits per heavy atom. The molecule has 32 heavy (non-hydrogen) atoms. The number of rotatable bonds is 9. The summed E-state index contributed by atoms with van der Waals surface area (Å²) in [4.78, 5) is 12.7. The first-order chi connectivity index (χ1) is 15.2. The average molecular weight is 472 g/mol. The summed E-state index contributed by atoms with van der Waals surface area (Å²) in [5, 5.41) is 11.9. The molecule has 10 heteroatoms. The van der Waals surface area contributed by atoms with Crippen LogP contribution in [0.5, 0.6) is 0 Å². The molecule has 0 atom stereocenters. The van der Waals surface area contributed by atoms with Crippen molar-refractivity contribution in [3.8, 4) is 11.4 Å². The Morgan fingerprint density at radius 2 is 1.91 bits per heavy atom. The van der Waals surface area contributed by atoms with Crippen LogP contribution in [0.15, 0.2) is 71.2 Å². The molecule has 1 aromatic heterocycles. The molecule has 0 spiro atoms. The van der Waals surface area contributed by atoms with E-state index in [0.29, 0.717) is 23.2 Å². The minimum absolute atomic E-state index is 0.0914. The Kier molecular flexibility index (Phi) is 7.49. The number of amides is 1. The molecule has 8 nitrogen and oxygen atoms in total. The first kappa shape index (κ1) is 23.7. The van der Waals surface area contributed by atoms with Gasteiger partial charge in [-0.3, -0.25) is 9.36 Å². The number of hydrogen-bond donors (Lipinski definition) is 1. The number of hydrogen-bond acceptors (Lipinski definition) is 6. The van der Waals surface area contributed by atoms with Gasteiger partial charge in [0.05, 0.1) is 10.6 Å². The molecule has 0 aliphatic heterocycles. The highest BCUT2D eigenvalue weighted by molar-refractivity contribution is 7.99. The van der Waals surface area contributed by atoms with Gasteiger partial charge in [0.25, 0.3) is 0 Å². The second-order valence-electron chi connectivity index (χ2n) is 7.17. The zero-order valence-electron chi connectivity index (χ0n) is 18.1. The summed E-state index contributed by atoms with van der Waals surface area (Å²) in [7, 11) is -0.666. The maximum atomic E-state index is 12.6. The molecule has 2 aromatic carbocycles. The van der Waals surface area contributed by atoms with E-state index in [4.69, 9.17) is 0 Å². The third-order valence-corrected chi connectivity index (χ3v) is 7.43. The first-order valence-electron chi connectivity index (χ1n) is 9.79. The minimum Gasteiger partial charge on any atom is -0.325 e. The summed E-state index contributed by atoms with van der Waals surface area (Å²) < 4.78 is 27.8. The molecular formula is C22H25N5O3S2. The molecule has 168 valence electrons. The van der Waals surface area contributed by atoms with Crippen molar-refractivity contribution in [2.75, 3.05) is 25.2 Å². The fourth-order valence-corrected chi connectivity index (χ4v) is 4.59. The van der Waals surface area contributed by atoms with Gasteiger partial charge in [-0.1, -0.05) is 54.2 Å². The minimum atomic E-state index is -3.60. The Labute approximate surface area is 192 Å². The second-order valence-corrected chi connectivity index (χ2v) is 10.3. The van der Waals surface area contributed by atoms with Gasteiger partial charge in [0.2, 0.25) is 15.9 Å². The lowest BCUT2D eigenvalue weighted by atomic mass is 10.2. The Morgan fingerprint density at radius 1 is 1.19 bits per heavy atom. The van der Waals surface area contributed by atoms with Crippen LogP contribution >= 0.6 is 11.8 Å². The number of carbonyl (C=O) groups excluding carboxylic acids is 1. The summed E-state index contributed by atoms with van der Waals surface area (Å²) in [6, 6.07) is 14.3. The number of nitrogens with zero attached hydrogens (tertiary/aromatic N) is 4. The molecule has 3 aromatic rings. The molecule has 1 heterocycles. The Bertz CT molecular complexity index is 1220. The number of anilines is 1. The van der Waals surface area contributed by atoms with Crippen LogP contribution in [0.3, 0.4) is 0 Å². The van der Waals surface area contributed by atoms with E-state index in [-0.39, 0.29) is 16.6 Å². The molecule has 0 saturated heterocycles. The highest BCUT2D eigenvalue weighted by Crippen LogP contribution is 2.25. The van der Waals surface area contributed by atoms with E-state index in [1.807, 2.05) is 41.8 Å². The zero-order valence-corrected chi connectivity index (χ0v) is 19.8. The van der Waals surface area contributed by atoms with Crippen LogP contribution in [-0.2, 0) is 21.4 Å². The van der Waals surface area contributed by atoms with E-state index in [0.717, 1.165) is 15.4 Å². The summed E-state index contributed by atoms with van der Waals surface area (Å²) in [6.07, 6.45) is 1.75. The molecule has 0 aliphatic rings. The number of nitrogens with one attached hydrogen (secondary N) is 1. The van der Waals surface area contributed by atoms with Crippen LogP contribution in [0.1, 0.15) is 5.56 Å². The van der Waals surface area contributed by atoms with Crippen molar-refractivity contribution in [1.82, 2.24) is 19.1 Å². The van der Waals surface area contributed by atoms with E-state index >= 15 is 0 Å². The summed E-state index contributed by atoms with van der Waals surface area (Å²) >= 11 is 1.25. The van der Waals surface area contributed by atoms with Gasteiger partial charge in [0.15, 0.2) is 11.0 Å². The number of aromatic nitrogens is 3. The van der Waals surface area contributed by atoms with E-state index in [1.54, 1.807) is 12.1 Å². The van der Waals surface area contributed by atoms with Gasteiger partial charge in [-0.2, -0.15) is 0 Å². The van der Waals surface area contributed by atoms with Crippen LogP contribution in [0.25, 0.3) is 11.4 Å². The van der Waals surface area contributed by atoms with Gasteiger partial charge in [0, 0.05) is 31.9 Å². The number of carbonyl (C=O) groups is 1. The van der Waals surface area contributed by atoms with Crippen LogP contribution in [0.4, 0.5) is 5.69 Å². The molecule has 0 unspecified atom stereocenters. The quantitative estimate of drug-likeness (QED) is 0.379. The average Bonchev–Trinajstić information content (AvgIpc) is 3.17. The standard InChI is InChI=1S/C22H25N5O3S2/c1-5-13-27-21(17-9-7-6-8-10-17)24-25-22(27)31-15-20(28)23-19-14-18(12-11-16(19)2)32(29,30)26(3)4/h5-12,14H,1,13,15H2,2-4H3,(H,23,28). The predicted octanol–water partition coefficient (Wildman–Crippen LogP) is 3.42. The molecular weight excluding hydrogens is 446 g/mol. The maximum absolute atomic E-state index is 12.6. The van der Waals surface area contributed by atoms with Crippen molar-refractivity contribution in [1.29, 1.82) is 0 Å². The van der Waals surface area contributed by atoms with Crippen molar-refractivity contribution in [2.45, 2.75) is 23.5 Å². The molecule has 0 saturated carbocycles.